The van der Waals surface area contributed by atoms with Crippen LogP contribution >= 0.6 is 11.8 Å². The van der Waals surface area contributed by atoms with E-state index in [-0.39, 0.29) is 31.2 Å². The number of carbonyl (C=O) groups excluding carboxylic acids is 2. The quantitative estimate of drug-likeness (QED) is 0.418. The van der Waals surface area contributed by atoms with E-state index in [0.29, 0.717) is 17.7 Å². The number of hydrogen-bond donors (Lipinski definition) is 3. The second kappa shape index (κ2) is 10.8. The van der Waals surface area contributed by atoms with Crippen LogP contribution in [0.25, 0.3) is 0 Å². The minimum atomic E-state index is -0.627. The highest BCUT2D eigenvalue weighted by atomic mass is 32.2. The van der Waals surface area contributed by atoms with Crippen LogP contribution in [0.5, 0.6) is 11.5 Å². The molecule has 8 heteroatoms. The lowest BCUT2D eigenvalue weighted by molar-refractivity contribution is -0.145. The van der Waals surface area contributed by atoms with Gasteiger partial charge in [-0.2, -0.15) is 11.8 Å². The van der Waals surface area contributed by atoms with Gasteiger partial charge < -0.3 is 25.6 Å². The third-order valence-corrected chi connectivity index (χ3v) is 3.86. The summed E-state index contributed by atoms with van der Waals surface area (Å²) in [5.74, 6) is 0.454. The summed E-state index contributed by atoms with van der Waals surface area (Å²) in [7, 11) is 1.44. The molecule has 0 aliphatic carbocycles. The van der Waals surface area contributed by atoms with E-state index in [0.717, 1.165) is 5.75 Å². The Morgan fingerprint density at radius 3 is 2.83 bits per heavy atom. The zero-order chi connectivity index (χ0) is 17.9. The molecule has 0 bridgehead atoms. The summed E-state index contributed by atoms with van der Waals surface area (Å²) in [5, 5.41) is 12.2. The molecule has 0 spiro atoms. The summed E-state index contributed by atoms with van der Waals surface area (Å²) < 4.78 is 10.0. The Morgan fingerprint density at radius 1 is 1.42 bits per heavy atom. The average Bonchev–Trinajstić information content (AvgIpc) is 2.57. The van der Waals surface area contributed by atoms with Crippen LogP contribution in [-0.2, 0) is 20.7 Å². The number of thioether (sulfide) groups is 1. The molecule has 0 unspecified atom stereocenters. The van der Waals surface area contributed by atoms with Crippen molar-refractivity contribution < 1.29 is 24.2 Å². The lowest BCUT2D eigenvalue weighted by Gasteiger charge is -2.11. The molecule has 134 valence electrons. The topological polar surface area (TPSA) is 111 Å². The van der Waals surface area contributed by atoms with Gasteiger partial charge in [-0.15, -0.1) is 0 Å². The highest BCUT2D eigenvalue weighted by Gasteiger charge is 2.14. The van der Waals surface area contributed by atoms with Crippen LogP contribution in [0.15, 0.2) is 18.2 Å². The molecule has 4 N–H and O–H groups in total. The number of ether oxygens (including phenoxy) is 2. The fourth-order valence-corrected chi connectivity index (χ4v) is 2.38. The summed E-state index contributed by atoms with van der Waals surface area (Å²) in [6.07, 6.45) is 2.64. The maximum atomic E-state index is 11.8. The second-order valence-corrected chi connectivity index (χ2v) is 6.07. The molecule has 0 saturated carbocycles. The van der Waals surface area contributed by atoms with Crippen molar-refractivity contribution in [3.8, 4) is 11.5 Å². The van der Waals surface area contributed by atoms with Crippen LogP contribution in [0.3, 0.4) is 0 Å². The van der Waals surface area contributed by atoms with Crippen molar-refractivity contribution in [1.29, 1.82) is 0 Å². The summed E-state index contributed by atoms with van der Waals surface area (Å²) in [4.78, 5) is 23.4. The smallest absolute Gasteiger partial charge is 0.323 e. The van der Waals surface area contributed by atoms with Gasteiger partial charge in [-0.05, 0) is 36.1 Å². The molecule has 0 aliphatic heterocycles. The third-order valence-electron chi connectivity index (χ3n) is 3.21. The average molecular weight is 356 g/mol. The molecule has 0 aliphatic rings. The number of amides is 1. The molecular formula is C16H24N2O5S. The Morgan fingerprint density at radius 2 is 2.17 bits per heavy atom. The Kier molecular flexibility index (Phi) is 9.03. The van der Waals surface area contributed by atoms with Gasteiger partial charge in [-0.3, -0.25) is 9.59 Å². The Balaban J connectivity index is 2.28. The Hall–Kier alpha value is -1.93. The van der Waals surface area contributed by atoms with Crippen LogP contribution in [0.2, 0.25) is 0 Å². The molecule has 1 rings (SSSR count). The molecular weight excluding hydrogens is 332 g/mol. The van der Waals surface area contributed by atoms with Crippen LogP contribution in [0.1, 0.15) is 12.0 Å². The predicted octanol–water partition coefficient (Wildman–Crippen LogP) is 0.683. The minimum Gasteiger partial charge on any atom is -0.504 e. The molecule has 1 aromatic carbocycles. The van der Waals surface area contributed by atoms with Gasteiger partial charge in [0.25, 0.3) is 0 Å². The van der Waals surface area contributed by atoms with Gasteiger partial charge in [0.1, 0.15) is 12.6 Å². The number of hydrogen-bond acceptors (Lipinski definition) is 7. The Labute approximate surface area is 145 Å². The first kappa shape index (κ1) is 20.1. The molecule has 1 atom stereocenters. The van der Waals surface area contributed by atoms with Gasteiger partial charge in [0.15, 0.2) is 11.5 Å². The second-order valence-electron chi connectivity index (χ2n) is 5.09. The highest BCUT2D eigenvalue weighted by Crippen LogP contribution is 2.26. The van der Waals surface area contributed by atoms with Crippen molar-refractivity contribution in [2.45, 2.75) is 18.9 Å². The largest absolute Gasteiger partial charge is 0.504 e. The molecule has 24 heavy (non-hydrogen) atoms. The lowest BCUT2D eigenvalue weighted by Crippen LogP contribution is -2.35. The van der Waals surface area contributed by atoms with Crippen molar-refractivity contribution in [2.24, 2.45) is 5.73 Å². The van der Waals surface area contributed by atoms with E-state index in [9.17, 15) is 14.7 Å². The molecule has 7 nitrogen and oxygen atoms in total. The van der Waals surface area contributed by atoms with Crippen molar-refractivity contribution in [3.63, 3.8) is 0 Å². The van der Waals surface area contributed by atoms with Gasteiger partial charge >= 0.3 is 5.97 Å². The number of esters is 1. The summed E-state index contributed by atoms with van der Waals surface area (Å²) >= 11 is 1.61. The summed E-state index contributed by atoms with van der Waals surface area (Å²) in [6, 6.07) is 4.08. The number of aromatic hydroxyl groups is 1. The molecule has 0 aromatic heterocycles. The van der Waals surface area contributed by atoms with Gasteiger partial charge in [0, 0.05) is 0 Å². The lowest BCUT2D eigenvalue weighted by atomic mass is 10.1. The number of phenolic OH excluding ortho intramolecular Hbond substituents is 1. The molecule has 0 fully saturated rings. The molecule has 0 radical (unpaired) electrons. The van der Waals surface area contributed by atoms with Crippen LogP contribution in [0, 0.1) is 0 Å². The fraction of sp³-hybridized carbons (Fsp3) is 0.500. The first-order valence-corrected chi connectivity index (χ1v) is 8.91. The van der Waals surface area contributed by atoms with E-state index < -0.39 is 12.0 Å². The zero-order valence-corrected chi connectivity index (χ0v) is 14.7. The fourth-order valence-electron chi connectivity index (χ4n) is 1.89. The molecule has 1 amide bonds. The van der Waals surface area contributed by atoms with E-state index in [1.807, 2.05) is 6.26 Å². The minimum absolute atomic E-state index is 0.0198. The SMILES string of the molecule is COc1cc(CC(=O)NCCOC(=O)[C@@H](N)CCSC)ccc1O. The number of rotatable bonds is 10. The van der Waals surface area contributed by atoms with Crippen molar-refractivity contribution >= 4 is 23.6 Å². The normalized spacial score (nSPS) is 11.6. The van der Waals surface area contributed by atoms with Gasteiger partial charge in [0.05, 0.1) is 20.1 Å². The number of methoxy groups -OCH3 is 1. The molecule has 0 heterocycles. The van der Waals surface area contributed by atoms with Gasteiger partial charge in [-0.25, -0.2) is 0 Å². The predicted molar refractivity (Wildman–Crippen MR) is 93.3 cm³/mol. The van der Waals surface area contributed by atoms with Gasteiger partial charge in [0.2, 0.25) is 5.91 Å². The van der Waals surface area contributed by atoms with E-state index in [1.54, 1.807) is 23.9 Å². The number of nitrogens with one attached hydrogen (secondary N) is 1. The number of carbonyl (C=O) groups is 2. The highest BCUT2D eigenvalue weighted by molar-refractivity contribution is 7.98. The maximum Gasteiger partial charge on any atom is 0.323 e. The number of nitrogens with two attached hydrogens (primary N) is 1. The van der Waals surface area contributed by atoms with Gasteiger partial charge in [-0.1, -0.05) is 6.07 Å². The zero-order valence-electron chi connectivity index (χ0n) is 13.9. The number of phenols is 1. The summed E-state index contributed by atoms with van der Waals surface area (Å²) in [5.41, 5.74) is 6.39. The standard InChI is InChI=1S/C16H24N2O5S/c1-22-14-9-11(3-4-13(14)19)10-15(20)18-6-7-23-16(21)12(17)5-8-24-2/h3-4,9,12,19H,5-8,10,17H2,1-2H3,(H,18,20)/t12-/m0/s1. The molecule has 0 saturated heterocycles. The Bertz CT molecular complexity index is 553. The van der Waals surface area contributed by atoms with Crippen LogP contribution in [-0.4, -0.2) is 55.3 Å². The van der Waals surface area contributed by atoms with Crippen molar-refractivity contribution in [3.05, 3.63) is 23.8 Å². The van der Waals surface area contributed by atoms with E-state index >= 15 is 0 Å². The first-order valence-electron chi connectivity index (χ1n) is 7.51. The van der Waals surface area contributed by atoms with E-state index in [4.69, 9.17) is 15.2 Å². The first-order chi connectivity index (χ1) is 11.5. The van der Waals surface area contributed by atoms with Crippen LogP contribution < -0.4 is 15.8 Å². The molecule has 1 aromatic rings. The summed E-state index contributed by atoms with van der Waals surface area (Å²) in [6.45, 7) is 0.297. The number of benzene rings is 1. The monoisotopic (exact) mass is 356 g/mol. The third kappa shape index (κ3) is 7.10. The van der Waals surface area contributed by atoms with E-state index in [1.165, 1.54) is 13.2 Å². The maximum absolute atomic E-state index is 11.8. The van der Waals surface area contributed by atoms with Crippen molar-refractivity contribution in [2.75, 3.05) is 32.3 Å². The van der Waals surface area contributed by atoms with Crippen LogP contribution in [0.4, 0.5) is 0 Å². The van der Waals surface area contributed by atoms with E-state index in [2.05, 4.69) is 5.32 Å². The van der Waals surface area contributed by atoms with Crippen molar-refractivity contribution in [1.82, 2.24) is 5.32 Å².